The lowest BCUT2D eigenvalue weighted by atomic mass is 9.82. The van der Waals surface area contributed by atoms with E-state index in [4.69, 9.17) is 0 Å². The Hall–Kier alpha value is -4.92. The molecule has 4 atom stereocenters. The van der Waals surface area contributed by atoms with Crippen LogP contribution in [0.3, 0.4) is 0 Å². The molecule has 0 aliphatic carbocycles. The smallest absolute Gasteiger partial charge is 0.244 e. The Balaban J connectivity index is 0.00000761. The van der Waals surface area contributed by atoms with E-state index in [0.717, 1.165) is 64.5 Å². The minimum Gasteiger partial charge on any atom is -1.00 e. The molecule has 0 N–H and O–H groups in total. The van der Waals surface area contributed by atoms with Crippen LogP contribution in [0.25, 0.3) is 0 Å². The van der Waals surface area contributed by atoms with Gasteiger partial charge in [-0.1, -0.05) is 191 Å². The topological polar surface area (TPSA) is 6.25 Å². The van der Waals surface area contributed by atoms with E-state index in [1.54, 1.807) is 0 Å². The number of hydrogen-bond donors (Lipinski definition) is 0. The molecule has 3 heteroatoms. The third kappa shape index (κ3) is 11.2. The summed E-state index contributed by atoms with van der Waals surface area (Å²) in [5.74, 6) is 0.874. The van der Waals surface area contributed by atoms with Gasteiger partial charge in [0.15, 0.2) is 0 Å². The van der Waals surface area contributed by atoms with Gasteiger partial charge in [-0.15, -0.1) is 0 Å². The van der Waals surface area contributed by atoms with E-state index in [-0.39, 0.29) is 36.1 Å². The quantitative estimate of drug-likeness (QED) is 0.0779. The van der Waals surface area contributed by atoms with Gasteiger partial charge >= 0.3 is 0 Å². The summed E-state index contributed by atoms with van der Waals surface area (Å²) >= 11 is 0. The van der Waals surface area contributed by atoms with Crippen LogP contribution in [-0.4, -0.2) is 24.0 Å². The van der Waals surface area contributed by atoms with E-state index < -0.39 is 0 Å². The molecule has 360 valence electrons. The molecular weight excluding hydrogens is 844 g/mol. The van der Waals surface area contributed by atoms with Gasteiger partial charge in [-0.2, -0.15) is 0 Å². The fraction of sp³-hybridized carbons (Fsp3) is 0.431. The van der Waals surface area contributed by atoms with Crippen molar-refractivity contribution in [1.29, 1.82) is 0 Å². The number of rotatable bonds is 18. The lowest BCUT2D eigenvalue weighted by Gasteiger charge is -2.26. The van der Waals surface area contributed by atoms with Crippen LogP contribution in [0.4, 0.5) is 11.4 Å². The Labute approximate surface area is 419 Å². The van der Waals surface area contributed by atoms with E-state index >= 15 is 0 Å². The highest BCUT2D eigenvalue weighted by molar-refractivity contribution is 5.84. The molecule has 0 bridgehead atoms. The van der Waals surface area contributed by atoms with Crippen molar-refractivity contribution >= 4 is 17.7 Å². The first-order valence-corrected chi connectivity index (χ1v) is 26.4. The van der Waals surface area contributed by atoms with E-state index in [2.05, 4.69) is 210 Å². The number of halogens is 1. The van der Waals surface area contributed by atoms with Crippen molar-refractivity contribution in [2.75, 3.05) is 18.0 Å². The third-order valence-corrected chi connectivity index (χ3v) is 15.5. The molecule has 2 nitrogen and oxygen atoms in total. The highest BCUT2D eigenvalue weighted by atomic mass is 35.5. The zero-order valence-electron chi connectivity index (χ0n) is 44.5. The summed E-state index contributed by atoms with van der Waals surface area (Å²) < 4.78 is 2.66. The van der Waals surface area contributed by atoms with Crippen LogP contribution < -0.4 is 17.3 Å². The van der Waals surface area contributed by atoms with Gasteiger partial charge in [0.1, 0.15) is 24.5 Å². The van der Waals surface area contributed by atoms with Gasteiger partial charge < -0.3 is 12.4 Å². The minimum absolute atomic E-state index is 0. The molecule has 68 heavy (non-hydrogen) atoms. The van der Waals surface area contributed by atoms with Crippen LogP contribution in [-0.2, 0) is 51.4 Å². The van der Waals surface area contributed by atoms with Crippen molar-refractivity contribution in [2.24, 2.45) is 0 Å². The zero-order valence-corrected chi connectivity index (χ0v) is 45.2. The summed E-state index contributed by atoms with van der Waals surface area (Å²) in [5.41, 5.74) is 28.3. The molecular formula is C65H83ClN2. The summed E-state index contributed by atoms with van der Waals surface area (Å²) in [6.07, 6.45) is 10.9. The minimum atomic E-state index is 0. The van der Waals surface area contributed by atoms with Crippen LogP contribution in [0.1, 0.15) is 207 Å². The predicted octanol–water partition coefficient (Wildman–Crippen LogP) is 13.6. The third-order valence-electron chi connectivity index (χ3n) is 15.5. The Bertz CT molecular complexity index is 2480. The molecule has 0 aromatic heterocycles. The van der Waals surface area contributed by atoms with Gasteiger partial charge in [0.25, 0.3) is 0 Å². The number of benzene rings is 6. The maximum Gasteiger partial charge on any atom is 0.244 e. The molecule has 0 saturated heterocycles. The summed E-state index contributed by atoms with van der Waals surface area (Å²) in [6.45, 7) is 34.7. The lowest BCUT2D eigenvalue weighted by Crippen LogP contribution is -3.00. The van der Waals surface area contributed by atoms with E-state index in [1.165, 1.54) is 112 Å². The molecule has 0 saturated carbocycles. The van der Waals surface area contributed by atoms with Gasteiger partial charge in [0, 0.05) is 45.9 Å². The molecule has 1 aliphatic heterocycles. The standard InChI is InChI=1S/C65H83N2.ClH/c1-15-48-29-49(16-2)34-56(33-48)44(11)60-25-42(9)26-61(45(12)57-35-50(17-3)30-51(18-4)36-57)64(60)66-23-24-67(41-66)65-62(46(13)58-37-52(19-5)31-53(20-6)38-58)27-43(10)28-63(65)47(14)59-39-54(21-7)32-55(22-8)40-59;/h25-41,44-47H,15-24H2,1-14H3;1H/q+1;/p-1. The number of hydrogen-bond acceptors (Lipinski definition) is 1. The molecule has 1 aliphatic rings. The normalized spacial score (nSPS) is 14.4. The SMILES string of the molecule is CCc1cc(CC)cc(C(C)c2cc(C)cc(C(C)c3cc(CC)cc(CC)c3)c2N2C=[N+](c3c(C(C)c4cc(CC)cc(CC)c4)cc(C)cc3C(C)c3cc(CC)cc(CC)c3)CC2)c1.[Cl-]. The number of anilines is 1. The number of nitrogens with zero attached hydrogens (tertiary/aromatic N) is 2. The van der Waals surface area contributed by atoms with Gasteiger partial charge in [-0.05, 0) is 132 Å². The maximum atomic E-state index is 2.66. The molecule has 7 rings (SSSR count). The number of aryl methyl sites for hydroxylation is 10. The molecule has 1 heterocycles. The van der Waals surface area contributed by atoms with Gasteiger partial charge in [0.05, 0.1) is 0 Å². The summed E-state index contributed by atoms with van der Waals surface area (Å²) in [6, 6.07) is 39.6. The first kappa shape index (κ1) is 52.5. The first-order chi connectivity index (χ1) is 32.3. The zero-order chi connectivity index (χ0) is 48.1. The van der Waals surface area contributed by atoms with E-state index in [1.807, 2.05) is 0 Å². The van der Waals surface area contributed by atoms with Crippen molar-refractivity contribution in [3.05, 3.63) is 197 Å². The van der Waals surface area contributed by atoms with Crippen molar-refractivity contribution in [3.8, 4) is 0 Å². The lowest BCUT2D eigenvalue weighted by molar-refractivity contribution is -0.425. The molecule has 0 amide bonds. The Morgan fingerprint density at radius 3 is 0.897 bits per heavy atom. The van der Waals surface area contributed by atoms with Crippen molar-refractivity contribution in [2.45, 2.75) is 172 Å². The van der Waals surface area contributed by atoms with Crippen LogP contribution in [0.5, 0.6) is 0 Å². The first-order valence-electron chi connectivity index (χ1n) is 26.4. The second kappa shape index (κ2) is 23.1. The molecule has 6 aromatic rings. The van der Waals surface area contributed by atoms with Crippen LogP contribution >= 0.6 is 0 Å². The van der Waals surface area contributed by atoms with Crippen molar-refractivity contribution in [3.63, 3.8) is 0 Å². The van der Waals surface area contributed by atoms with Crippen LogP contribution in [0, 0.1) is 13.8 Å². The fourth-order valence-corrected chi connectivity index (χ4v) is 11.0. The second-order valence-electron chi connectivity index (χ2n) is 20.1. The Kier molecular flexibility index (Phi) is 17.8. The molecule has 0 fully saturated rings. The van der Waals surface area contributed by atoms with E-state index in [9.17, 15) is 0 Å². The summed E-state index contributed by atoms with van der Waals surface area (Å²) in [5, 5.41) is 0. The molecule has 4 unspecified atom stereocenters. The highest BCUT2D eigenvalue weighted by Gasteiger charge is 2.35. The largest absolute Gasteiger partial charge is 1.00 e. The molecule has 0 spiro atoms. The average Bonchev–Trinajstić information content (AvgIpc) is 3.85. The fourth-order valence-electron chi connectivity index (χ4n) is 11.0. The van der Waals surface area contributed by atoms with Crippen molar-refractivity contribution < 1.29 is 17.0 Å². The Morgan fingerprint density at radius 2 is 0.632 bits per heavy atom. The van der Waals surface area contributed by atoms with Gasteiger partial charge in [-0.3, -0.25) is 0 Å². The van der Waals surface area contributed by atoms with Crippen LogP contribution in [0.2, 0.25) is 0 Å². The summed E-state index contributed by atoms with van der Waals surface area (Å²) in [4.78, 5) is 2.66. The second-order valence-corrected chi connectivity index (χ2v) is 20.1. The van der Waals surface area contributed by atoms with Crippen LogP contribution in [0.15, 0.2) is 97.1 Å². The van der Waals surface area contributed by atoms with E-state index in [0.29, 0.717) is 0 Å². The summed E-state index contributed by atoms with van der Waals surface area (Å²) in [7, 11) is 0. The Morgan fingerprint density at radius 1 is 0.382 bits per heavy atom. The average molecular weight is 928 g/mol. The highest BCUT2D eigenvalue weighted by Crippen LogP contribution is 2.45. The molecule has 6 aromatic carbocycles. The predicted molar refractivity (Wildman–Crippen MR) is 291 cm³/mol. The van der Waals surface area contributed by atoms with Gasteiger partial charge in [-0.25, -0.2) is 9.48 Å². The monoisotopic (exact) mass is 927 g/mol. The van der Waals surface area contributed by atoms with Gasteiger partial charge in [0.2, 0.25) is 6.34 Å². The molecule has 0 radical (unpaired) electrons. The van der Waals surface area contributed by atoms with Crippen molar-refractivity contribution in [1.82, 2.24) is 0 Å². The maximum absolute atomic E-state index is 2.66.